The topological polar surface area (TPSA) is 74.7 Å². The lowest BCUT2D eigenvalue weighted by molar-refractivity contribution is -0.142. The molecule has 8 heteroatoms. The van der Waals surface area contributed by atoms with Crippen LogP contribution in [0.4, 0.5) is 0 Å². The minimum Gasteiger partial charge on any atom is -0.481 e. The summed E-state index contributed by atoms with van der Waals surface area (Å²) in [5.41, 5.74) is 0.340. The van der Waals surface area contributed by atoms with Gasteiger partial charge in [-0.3, -0.25) is 4.79 Å². The van der Waals surface area contributed by atoms with Crippen LogP contribution in [0.3, 0.4) is 0 Å². The number of benzene rings is 1. The minimum atomic E-state index is -3.66. The third kappa shape index (κ3) is 3.51. The van der Waals surface area contributed by atoms with Gasteiger partial charge in [0.25, 0.3) is 0 Å². The fourth-order valence-corrected chi connectivity index (χ4v) is 4.81. The number of rotatable bonds is 4. The van der Waals surface area contributed by atoms with E-state index in [9.17, 15) is 13.2 Å². The van der Waals surface area contributed by atoms with Gasteiger partial charge >= 0.3 is 5.97 Å². The van der Waals surface area contributed by atoms with Gasteiger partial charge in [-0.05, 0) is 18.1 Å². The molecule has 1 saturated heterocycles. The first-order chi connectivity index (χ1) is 9.72. The molecule has 5 nitrogen and oxygen atoms in total. The zero-order valence-electron chi connectivity index (χ0n) is 11.3. The molecule has 0 spiro atoms. The molecule has 0 radical (unpaired) electrons. The van der Waals surface area contributed by atoms with Crippen molar-refractivity contribution in [3.05, 3.63) is 33.8 Å². The van der Waals surface area contributed by atoms with Crippen LogP contribution in [0, 0.1) is 11.8 Å². The summed E-state index contributed by atoms with van der Waals surface area (Å²) in [6, 6.07) is 4.79. The molecule has 2 atom stereocenters. The van der Waals surface area contributed by atoms with E-state index in [1.54, 1.807) is 25.1 Å². The van der Waals surface area contributed by atoms with E-state index in [4.69, 9.17) is 28.3 Å². The lowest BCUT2D eigenvalue weighted by Gasteiger charge is -2.17. The third-order valence-electron chi connectivity index (χ3n) is 3.68. The van der Waals surface area contributed by atoms with Crippen LogP contribution >= 0.6 is 23.2 Å². The fraction of sp³-hybridized carbons (Fsp3) is 0.462. The highest BCUT2D eigenvalue weighted by Crippen LogP contribution is 2.30. The van der Waals surface area contributed by atoms with Crippen molar-refractivity contribution < 1.29 is 18.3 Å². The molecule has 116 valence electrons. The number of sulfonamides is 1. The number of aliphatic carboxylic acids is 1. The molecule has 1 fully saturated rings. The zero-order chi connectivity index (χ0) is 15.8. The Balaban J connectivity index is 2.22. The van der Waals surface area contributed by atoms with Gasteiger partial charge in [0.2, 0.25) is 10.0 Å². The first-order valence-electron chi connectivity index (χ1n) is 6.36. The molecule has 1 aliphatic heterocycles. The lowest BCUT2D eigenvalue weighted by Crippen LogP contribution is -2.31. The van der Waals surface area contributed by atoms with Gasteiger partial charge in [0.1, 0.15) is 0 Å². The Morgan fingerprint density at radius 1 is 1.33 bits per heavy atom. The molecule has 1 aliphatic rings. The summed E-state index contributed by atoms with van der Waals surface area (Å²) in [6.45, 7) is 1.92. The Hall–Kier alpha value is -0.820. The molecule has 0 aliphatic carbocycles. The quantitative estimate of drug-likeness (QED) is 0.903. The largest absolute Gasteiger partial charge is 0.481 e. The van der Waals surface area contributed by atoms with Crippen molar-refractivity contribution >= 4 is 39.2 Å². The zero-order valence-corrected chi connectivity index (χ0v) is 13.6. The maximum atomic E-state index is 12.4. The van der Waals surface area contributed by atoms with Crippen LogP contribution in [0.25, 0.3) is 0 Å². The molecule has 0 aromatic heterocycles. The second-order valence-electron chi connectivity index (χ2n) is 5.20. The van der Waals surface area contributed by atoms with Crippen molar-refractivity contribution in [2.24, 2.45) is 11.8 Å². The van der Waals surface area contributed by atoms with Crippen LogP contribution in [0.2, 0.25) is 10.0 Å². The van der Waals surface area contributed by atoms with Crippen LogP contribution in [-0.2, 0) is 20.6 Å². The Morgan fingerprint density at radius 2 is 1.90 bits per heavy atom. The molecule has 1 heterocycles. The van der Waals surface area contributed by atoms with Gasteiger partial charge in [0.05, 0.1) is 11.7 Å². The summed E-state index contributed by atoms with van der Waals surface area (Å²) in [6.07, 6.45) is 0. The lowest BCUT2D eigenvalue weighted by atomic mass is 9.99. The van der Waals surface area contributed by atoms with E-state index in [2.05, 4.69) is 0 Å². The number of halogens is 2. The van der Waals surface area contributed by atoms with Crippen LogP contribution in [-0.4, -0.2) is 36.9 Å². The van der Waals surface area contributed by atoms with E-state index in [-0.39, 0.29) is 34.8 Å². The van der Waals surface area contributed by atoms with E-state index in [0.717, 1.165) is 0 Å². The minimum absolute atomic E-state index is 0.0130. The first-order valence-corrected chi connectivity index (χ1v) is 8.72. The van der Waals surface area contributed by atoms with Crippen molar-refractivity contribution in [2.75, 3.05) is 13.1 Å². The molecule has 0 saturated carbocycles. The Kier molecular flexibility index (Phi) is 4.82. The number of carbonyl (C=O) groups is 1. The van der Waals surface area contributed by atoms with Crippen molar-refractivity contribution in [1.82, 2.24) is 4.31 Å². The summed E-state index contributed by atoms with van der Waals surface area (Å²) < 4.78 is 26.1. The Labute approximate surface area is 133 Å². The first kappa shape index (κ1) is 16.5. The molecule has 1 aromatic carbocycles. The molecule has 1 aromatic rings. The maximum Gasteiger partial charge on any atom is 0.308 e. The SMILES string of the molecule is C[C@@H]1CN(S(=O)(=O)Cc2c(Cl)cccc2Cl)C[C@H]1C(=O)O. The standard InChI is InChI=1S/C13H15Cl2NO4S/c1-8-5-16(6-9(8)13(17)18)21(19,20)7-10-11(14)3-2-4-12(10)15/h2-4,8-9H,5-7H2,1H3,(H,17,18)/t8-,9-/m1/s1. The number of carboxylic acids is 1. The molecule has 1 N–H and O–H groups in total. The van der Waals surface area contributed by atoms with Crippen molar-refractivity contribution in [1.29, 1.82) is 0 Å². The Bertz CT molecular complexity index is 642. The van der Waals surface area contributed by atoms with E-state index in [1.165, 1.54) is 4.31 Å². The predicted octanol–water partition coefficient (Wildman–Crippen LogP) is 2.48. The van der Waals surface area contributed by atoms with Crippen molar-refractivity contribution in [3.63, 3.8) is 0 Å². The monoisotopic (exact) mass is 351 g/mol. The molecule has 0 bridgehead atoms. The maximum absolute atomic E-state index is 12.4. The molecule has 21 heavy (non-hydrogen) atoms. The van der Waals surface area contributed by atoms with Crippen molar-refractivity contribution in [3.8, 4) is 0 Å². The average Bonchev–Trinajstić information content (AvgIpc) is 2.77. The van der Waals surface area contributed by atoms with E-state index in [1.807, 2.05) is 0 Å². The van der Waals surface area contributed by atoms with Crippen molar-refractivity contribution in [2.45, 2.75) is 12.7 Å². The number of carboxylic acid groups (broad SMARTS) is 1. The smallest absolute Gasteiger partial charge is 0.308 e. The van der Waals surface area contributed by atoms with Gasteiger partial charge in [-0.1, -0.05) is 36.2 Å². The molecule has 0 amide bonds. The van der Waals surface area contributed by atoms with Crippen LogP contribution in [0.5, 0.6) is 0 Å². The van der Waals surface area contributed by atoms with Crippen LogP contribution in [0.15, 0.2) is 18.2 Å². The highest BCUT2D eigenvalue weighted by molar-refractivity contribution is 7.88. The third-order valence-corrected chi connectivity index (χ3v) is 6.12. The second kappa shape index (κ2) is 6.12. The summed E-state index contributed by atoms with van der Waals surface area (Å²) in [4.78, 5) is 11.1. The Morgan fingerprint density at radius 3 is 2.38 bits per heavy atom. The highest BCUT2D eigenvalue weighted by atomic mass is 35.5. The number of hydrogen-bond donors (Lipinski definition) is 1. The number of nitrogens with zero attached hydrogens (tertiary/aromatic N) is 1. The normalized spacial score (nSPS) is 23.4. The summed E-state index contributed by atoms with van der Waals surface area (Å²) >= 11 is 12.0. The van der Waals surface area contributed by atoms with E-state index < -0.39 is 21.9 Å². The molecule has 2 rings (SSSR count). The van der Waals surface area contributed by atoms with E-state index in [0.29, 0.717) is 5.56 Å². The molecule has 0 unspecified atom stereocenters. The fourth-order valence-electron chi connectivity index (χ4n) is 2.41. The summed E-state index contributed by atoms with van der Waals surface area (Å²) in [5, 5.41) is 9.65. The highest BCUT2D eigenvalue weighted by Gasteiger charge is 2.40. The van der Waals surface area contributed by atoms with E-state index >= 15 is 0 Å². The van der Waals surface area contributed by atoms with Gasteiger partial charge in [0.15, 0.2) is 0 Å². The van der Waals surface area contributed by atoms with Gasteiger partial charge in [0, 0.05) is 28.7 Å². The van der Waals surface area contributed by atoms with Crippen LogP contribution < -0.4 is 0 Å². The number of hydrogen-bond acceptors (Lipinski definition) is 3. The van der Waals surface area contributed by atoms with Gasteiger partial charge in [-0.2, -0.15) is 0 Å². The van der Waals surface area contributed by atoms with Gasteiger partial charge < -0.3 is 5.11 Å². The van der Waals surface area contributed by atoms with Gasteiger partial charge in [-0.15, -0.1) is 0 Å². The predicted molar refractivity (Wildman–Crippen MR) is 80.9 cm³/mol. The summed E-state index contributed by atoms with van der Waals surface area (Å²) in [5.74, 6) is -2.21. The van der Waals surface area contributed by atoms with Crippen LogP contribution in [0.1, 0.15) is 12.5 Å². The average molecular weight is 352 g/mol. The second-order valence-corrected chi connectivity index (χ2v) is 7.98. The molecular formula is C13H15Cl2NO4S. The summed E-state index contributed by atoms with van der Waals surface area (Å²) in [7, 11) is -3.66. The molecular weight excluding hydrogens is 337 g/mol. The van der Waals surface area contributed by atoms with Gasteiger partial charge in [-0.25, -0.2) is 12.7 Å².